The third-order valence-electron chi connectivity index (χ3n) is 3.57. The van der Waals surface area contributed by atoms with Crippen molar-refractivity contribution in [3.05, 3.63) is 45.2 Å². The van der Waals surface area contributed by atoms with Gasteiger partial charge >= 0.3 is 5.97 Å². The van der Waals surface area contributed by atoms with Gasteiger partial charge in [0.2, 0.25) is 5.88 Å². The Hall–Kier alpha value is -3.71. The van der Waals surface area contributed by atoms with Crippen molar-refractivity contribution < 1.29 is 25.2 Å². The number of benzene rings is 1. The van der Waals surface area contributed by atoms with Crippen molar-refractivity contribution in [2.45, 2.75) is 13.5 Å². The molecule has 1 heterocycles. The highest BCUT2D eigenvalue weighted by molar-refractivity contribution is 5.91. The molecule has 0 radical (unpaired) electrons. The summed E-state index contributed by atoms with van der Waals surface area (Å²) < 4.78 is 0.791. The number of aromatic hydroxyl groups is 2. The zero-order valence-electron chi connectivity index (χ0n) is 13.5. The summed E-state index contributed by atoms with van der Waals surface area (Å²) in [6.07, 6.45) is 0. The van der Waals surface area contributed by atoms with E-state index in [1.165, 1.54) is 13.0 Å². The minimum Gasteiger partial charge on any atom is -0.507 e. The van der Waals surface area contributed by atoms with E-state index < -0.39 is 29.8 Å². The molecule has 0 saturated heterocycles. The summed E-state index contributed by atoms with van der Waals surface area (Å²) in [6.45, 7) is 0.708. The Kier molecular flexibility index (Phi) is 5.34. The number of aromatic nitrogens is 1. The van der Waals surface area contributed by atoms with Gasteiger partial charge in [0, 0.05) is 5.56 Å². The van der Waals surface area contributed by atoms with Gasteiger partial charge < -0.3 is 20.4 Å². The molecule has 1 aromatic carbocycles. The van der Waals surface area contributed by atoms with Gasteiger partial charge in [0.1, 0.15) is 22.9 Å². The van der Waals surface area contributed by atoms with Gasteiger partial charge in [-0.25, -0.2) is 4.79 Å². The molecule has 0 atom stereocenters. The Morgan fingerprint density at radius 1 is 1.31 bits per heavy atom. The fourth-order valence-electron chi connectivity index (χ4n) is 2.23. The molecule has 0 aliphatic carbocycles. The number of carboxylic acids is 1. The molecule has 2 aromatic rings. The van der Waals surface area contributed by atoms with Crippen LogP contribution in [-0.2, 0) is 6.54 Å². The molecule has 0 amide bonds. The molecule has 0 aliphatic rings. The summed E-state index contributed by atoms with van der Waals surface area (Å²) >= 11 is 0. The Bertz CT molecular complexity index is 1000. The van der Waals surface area contributed by atoms with Crippen LogP contribution in [0.2, 0.25) is 0 Å². The van der Waals surface area contributed by atoms with Crippen LogP contribution < -0.4 is 5.56 Å². The number of nitriles is 1. The standard InChI is InChI=1S/C16H14N4O6/c1-8-11(7-17)14(23)20(4-5-21)15(24)13(8)19-18-9-2-3-12(22)10(6-9)16(25)26/h2-3,6,21-23H,4-5H2,1H3,(H,25,26). The van der Waals surface area contributed by atoms with Crippen LogP contribution in [0.15, 0.2) is 33.2 Å². The van der Waals surface area contributed by atoms with Crippen molar-refractivity contribution in [3.8, 4) is 17.7 Å². The number of phenols is 1. The molecule has 0 unspecified atom stereocenters. The maximum Gasteiger partial charge on any atom is 0.339 e. The van der Waals surface area contributed by atoms with Crippen molar-refractivity contribution in [1.82, 2.24) is 4.57 Å². The van der Waals surface area contributed by atoms with Crippen LogP contribution in [0.5, 0.6) is 11.6 Å². The predicted molar refractivity (Wildman–Crippen MR) is 88.1 cm³/mol. The Morgan fingerprint density at radius 2 is 2.00 bits per heavy atom. The Labute approximate surface area is 146 Å². The molecular formula is C16H14N4O6. The highest BCUT2D eigenvalue weighted by Gasteiger charge is 2.19. The zero-order chi connectivity index (χ0) is 19.4. The summed E-state index contributed by atoms with van der Waals surface area (Å²) in [7, 11) is 0. The first-order chi connectivity index (χ1) is 12.3. The van der Waals surface area contributed by atoms with Gasteiger partial charge in [-0.2, -0.15) is 10.4 Å². The highest BCUT2D eigenvalue weighted by atomic mass is 16.4. The lowest BCUT2D eigenvalue weighted by Gasteiger charge is -2.11. The van der Waals surface area contributed by atoms with Gasteiger partial charge in [-0.1, -0.05) is 0 Å². The van der Waals surface area contributed by atoms with Crippen LogP contribution >= 0.6 is 0 Å². The number of hydrogen-bond donors (Lipinski definition) is 4. The monoisotopic (exact) mass is 358 g/mol. The van der Waals surface area contributed by atoms with E-state index in [1.54, 1.807) is 6.07 Å². The van der Waals surface area contributed by atoms with E-state index in [4.69, 9.17) is 15.5 Å². The van der Waals surface area contributed by atoms with E-state index >= 15 is 0 Å². The van der Waals surface area contributed by atoms with E-state index in [9.17, 15) is 19.8 Å². The number of pyridine rings is 1. The average molecular weight is 358 g/mol. The second-order valence-electron chi connectivity index (χ2n) is 5.17. The third-order valence-corrected chi connectivity index (χ3v) is 3.57. The van der Waals surface area contributed by atoms with Crippen LogP contribution in [0.25, 0.3) is 0 Å². The van der Waals surface area contributed by atoms with E-state index in [0.717, 1.165) is 16.7 Å². The third kappa shape index (κ3) is 3.38. The molecule has 0 fully saturated rings. The topological polar surface area (TPSA) is 168 Å². The Balaban J connectivity index is 2.60. The van der Waals surface area contributed by atoms with Crippen LogP contribution in [0.1, 0.15) is 21.5 Å². The van der Waals surface area contributed by atoms with Crippen molar-refractivity contribution in [2.75, 3.05) is 6.61 Å². The maximum absolute atomic E-state index is 12.4. The number of aromatic carboxylic acids is 1. The number of aliphatic hydroxyl groups excluding tert-OH is 1. The van der Waals surface area contributed by atoms with Crippen LogP contribution in [0.4, 0.5) is 11.4 Å². The summed E-state index contributed by atoms with van der Waals surface area (Å²) in [6, 6.07) is 5.23. The van der Waals surface area contributed by atoms with Gasteiger partial charge in [0.15, 0.2) is 5.69 Å². The largest absolute Gasteiger partial charge is 0.507 e. The molecule has 2 rings (SSSR count). The van der Waals surface area contributed by atoms with Gasteiger partial charge in [-0.15, -0.1) is 5.11 Å². The summed E-state index contributed by atoms with van der Waals surface area (Å²) in [5, 5.41) is 54.2. The van der Waals surface area contributed by atoms with E-state index in [1.807, 2.05) is 0 Å². The molecule has 10 heteroatoms. The van der Waals surface area contributed by atoms with Gasteiger partial charge in [-0.3, -0.25) is 9.36 Å². The lowest BCUT2D eigenvalue weighted by atomic mass is 10.1. The number of rotatable bonds is 5. The second-order valence-corrected chi connectivity index (χ2v) is 5.17. The molecule has 134 valence electrons. The van der Waals surface area contributed by atoms with Crippen LogP contribution in [-0.4, -0.2) is 37.6 Å². The van der Waals surface area contributed by atoms with Crippen molar-refractivity contribution in [1.29, 1.82) is 5.26 Å². The zero-order valence-corrected chi connectivity index (χ0v) is 13.5. The average Bonchev–Trinajstić information content (AvgIpc) is 2.60. The first kappa shape index (κ1) is 18.6. The summed E-state index contributed by atoms with van der Waals surface area (Å²) in [5.74, 6) is -2.40. The quantitative estimate of drug-likeness (QED) is 0.587. The molecule has 4 N–H and O–H groups in total. The molecule has 10 nitrogen and oxygen atoms in total. The van der Waals surface area contributed by atoms with Crippen LogP contribution in [0, 0.1) is 18.3 Å². The van der Waals surface area contributed by atoms with Crippen molar-refractivity contribution in [3.63, 3.8) is 0 Å². The molecule has 0 spiro atoms. The fraction of sp³-hybridized carbons (Fsp3) is 0.188. The lowest BCUT2D eigenvalue weighted by molar-refractivity contribution is 0.0693. The van der Waals surface area contributed by atoms with Gasteiger partial charge in [0.25, 0.3) is 5.56 Å². The SMILES string of the molecule is Cc1c(C#N)c(O)n(CCO)c(=O)c1N=Nc1ccc(O)c(C(=O)O)c1. The molecular weight excluding hydrogens is 344 g/mol. The van der Waals surface area contributed by atoms with Crippen molar-refractivity contribution in [2.24, 2.45) is 10.2 Å². The fourth-order valence-corrected chi connectivity index (χ4v) is 2.23. The van der Waals surface area contributed by atoms with E-state index in [2.05, 4.69) is 10.2 Å². The molecule has 0 bridgehead atoms. The summed E-state index contributed by atoms with van der Waals surface area (Å²) in [4.78, 5) is 23.4. The number of hydrogen-bond acceptors (Lipinski definition) is 8. The minimum absolute atomic E-state index is 0.0549. The summed E-state index contributed by atoms with van der Waals surface area (Å²) in [5.41, 5.74) is -1.44. The predicted octanol–water partition coefficient (Wildman–Crippen LogP) is 1.55. The van der Waals surface area contributed by atoms with E-state index in [-0.39, 0.29) is 34.6 Å². The number of nitrogens with zero attached hydrogens (tertiary/aromatic N) is 4. The van der Waals surface area contributed by atoms with Crippen LogP contribution in [0.3, 0.4) is 0 Å². The number of carbonyl (C=O) groups is 1. The Morgan fingerprint density at radius 3 is 2.58 bits per heavy atom. The van der Waals surface area contributed by atoms with E-state index in [0.29, 0.717) is 0 Å². The highest BCUT2D eigenvalue weighted by Crippen LogP contribution is 2.28. The first-order valence-electron chi connectivity index (χ1n) is 7.27. The second kappa shape index (κ2) is 7.45. The van der Waals surface area contributed by atoms with Gasteiger partial charge in [0.05, 0.1) is 18.8 Å². The van der Waals surface area contributed by atoms with Gasteiger partial charge in [-0.05, 0) is 25.1 Å². The number of carboxylic acid groups (broad SMARTS) is 1. The normalized spacial score (nSPS) is 10.8. The van der Waals surface area contributed by atoms with Crippen molar-refractivity contribution >= 4 is 17.3 Å². The number of aliphatic hydroxyl groups is 1. The lowest BCUT2D eigenvalue weighted by Crippen LogP contribution is -2.23. The number of azo groups is 1. The first-order valence-corrected chi connectivity index (χ1v) is 7.27. The molecule has 26 heavy (non-hydrogen) atoms. The molecule has 0 saturated carbocycles. The molecule has 1 aromatic heterocycles. The minimum atomic E-state index is -1.36. The molecule has 0 aliphatic heterocycles. The smallest absolute Gasteiger partial charge is 0.339 e. The maximum atomic E-state index is 12.4.